The van der Waals surface area contributed by atoms with Crippen LogP contribution in [0.25, 0.3) is 6.08 Å². The molecule has 2 rings (SSSR count). The molecule has 0 unspecified atom stereocenters. The second-order valence-corrected chi connectivity index (χ2v) is 5.46. The maximum absolute atomic E-state index is 12.0. The van der Waals surface area contributed by atoms with Crippen LogP contribution >= 0.6 is 0 Å². The first-order valence-electron chi connectivity index (χ1n) is 7.68. The van der Waals surface area contributed by atoms with Crippen LogP contribution in [0.3, 0.4) is 0 Å². The Kier molecular flexibility index (Phi) is 6.19. The molecule has 0 aliphatic heterocycles. The molecule has 0 aromatic heterocycles. The van der Waals surface area contributed by atoms with Gasteiger partial charge in [0.2, 0.25) is 0 Å². The minimum Gasteiger partial charge on any atom is -0.493 e. The molecule has 5 heteroatoms. The van der Waals surface area contributed by atoms with Gasteiger partial charge < -0.3 is 14.2 Å². The molecule has 0 saturated carbocycles. The third-order valence-corrected chi connectivity index (χ3v) is 3.31. The first kappa shape index (κ1) is 18.1. The van der Waals surface area contributed by atoms with Crippen LogP contribution < -0.4 is 14.2 Å². The predicted octanol–water partition coefficient (Wildman–Crippen LogP) is 3.83. The van der Waals surface area contributed by atoms with E-state index in [-0.39, 0.29) is 6.61 Å². The van der Waals surface area contributed by atoms with Crippen molar-refractivity contribution in [1.82, 2.24) is 0 Å². The average Bonchev–Trinajstić information content (AvgIpc) is 2.58. The molecule has 0 bridgehead atoms. The highest BCUT2D eigenvalue weighted by atomic mass is 16.6. The number of ether oxygens (including phenoxy) is 3. The summed E-state index contributed by atoms with van der Waals surface area (Å²) in [5.41, 5.74) is 2.89. The summed E-state index contributed by atoms with van der Waals surface area (Å²) >= 11 is 0. The van der Waals surface area contributed by atoms with Crippen molar-refractivity contribution in [3.8, 4) is 23.3 Å². The van der Waals surface area contributed by atoms with Crippen LogP contribution in [0.4, 0.5) is 0 Å². The second kappa shape index (κ2) is 8.55. The van der Waals surface area contributed by atoms with E-state index in [0.717, 1.165) is 16.7 Å². The molecule has 0 saturated heterocycles. The molecule has 0 amide bonds. The lowest BCUT2D eigenvalue weighted by atomic mass is 10.1. The molecule has 5 nitrogen and oxygen atoms in total. The Morgan fingerprint density at radius 3 is 2.48 bits per heavy atom. The fourth-order valence-electron chi connectivity index (χ4n) is 2.32. The van der Waals surface area contributed by atoms with E-state index in [1.165, 1.54) is 13.2 Å². The summed E-state index contributed by atoms with van der Waals surface area (Å²) in [6.45, 7) is 3.72. The van der Waals surface area contributed by atoms with Crippen molar-refractivity contribution >= 4 is 12.0 Å². The van der Waals surface area contributed by atoms with Crippen molar-refractivity contribution in [2.24, 2.45) is 0 Å². The topological polar surface area (TPSA) is 68.5 Å². The third kappa shape index (κ3) is 5.40. The van der Waals surface area contributed by atoms with Crippen LogP contribution in [0.2, 0.25) is 0 Å². The lowest BCUT2D eigenvalue weighted by Crippen LogP contribution is -2.18. The standard InChI is InChI=1S/C20H19NO4/c1-14-9-15(2)11-17(10-14)24-13-20(22)25-18-7-6-16(5-4-8-21)12-19(18)23-3/h4-7,9-12H,13H2,1-3H3/b5-4-. The Morgan fingerprint density at radius 1 is 1.12 bits per heavy atom. The van der Waals surface area contributed by atoms with Gasteiger partial charge in [-0.3, -0.25) is 0 Å². The summed E-state index contributed by atoms with van der Waals surface area (Å²) in [4.78, 5) is 12.0. The first-order chi connectivity index (χ1) is 12.0. The van der Waals surface area contributed by atoms with E-state index in [1.807, 2.05) is 38.1 Å². The Morgan fingerprint density at radius 2 is 1.84 bits per heavy atom. The number of benzene rings is 2. The van der Waals surface area contributed by atoms with Crippen LogP contribution in [0, 0.1) is 25.2 Å². The van der Waals surface area contributed by atoms with E-state index in [2.05, 4.69) is 0 Å². The van der Waals surface area contributed by atoms with Gasteiger partial charge in [0.1, 0.15) is 5.75 Å². The minimum absolute atomic E-state index is 0.206. The number of aryl methyl sites for hydroxylation is 2. The number of carbonyl (C=O) groups excluding carboxylic acids is 1. The van der Waals surface area contributed by atoms with Gasteiger partial charge in [-0.2, -0.15) is 5.26 Å². The van der Waals surface area contributed by atoms with Crippen LogP contribution in [0.5, 0.6) is 17.2 Å². The molecule has 0 spiro atoms. The molecule has 0 heterocycles. The predicted molar refractivity (Wildman–Crippen MR) is 94.7 cm³/mol. The van der Waals surface area contributed by atoms with Crippen LogP contribution in [-0.2, 0) is 4.79 Å². The van der Waals surface area contributed by atoms with Gasteiger partial charge in [-0.15, -0.1) is 0 Å². The summed E-state index contributed by atoms with van der Waals surface area (Å²) in [6, 6.07) is 12.7. The monoisotopic (exact) mass is 337 g/mol. The van der Waals surface area contributed by atoms with Crippen molar-refractivity contribution in [1.29, 1.82) is 5.26 Å². The number of carbonyl (C=O) groups is 1. The zero-order chi connectivity index (χ0) is 18.2. The summed E-state index contributed by atoms with van der Waals surface area (Å²) < 4.78 is 16.0. The number of allylic oxidation sites excluding steroid dienone is 1. The van der Waals surface area contributed by atoms with Gasteiger partial charge in [-0.1, -0.05) is 12.1 Å². The molecule has 0 radical (unpaired) electrons. The Bertz CT molecular complexity index is 814. The van der Waals surface area contributed by atoms with E-state index in [4.69, 9.17) is 19.5 Å². The van der Waals surface area contributed by atoms with Crippen LogP contribution in [-0.4, -0.2) is 19.7 Å². The molecule has 0 N–H and O–H groups in total. The van der Waals surface area contributed by atoms with E-state index in [1.54, 1.807) is 24.3 Å². The van der Waals surface area contributed by atoms with E-state index < -0.39 is 5.97 Å². The molecule has 2 aromatic rings. The van der Waals surface area contributed by atoms with Gasteiger partial charge in [-0.05, 0) is 60.9 Å². The van der Waals surface area contributed by atoms with Gasteiger partial charge >= 0.3 is 5.97 Å². The highest BCUT2D eigenvalue weighted by molar-refractivity contribution is 5.75. The zero-order valence-electron chi connectivity index (χ0n) is 14.4. The molecule has 0 atom stereocenters. The van der Waals surface area contributed by atoms with Crippen molar-refractivity contribution in [2.75, 3.05) is 13.7 Å². The highest BCUT2D eigenvalue weighted by Gasteiger charge is 2.11. The number of esters is 1. The molecule has 0 aliphatic rings. The molecule has 128 valence electrons. The Hall–Kier alpha value is -3.26. The fraction of sp³-hybridized carbons (Fsp3) is 0.200. The lowest BCUT2D eigenvalue weighted by molar-refractivity contribution is -0.136. The number of nitriles is 1. The minimum atomic E-state index is -0.530. The Labute approximate surface area is 147 Å². The van der Waals surface area contributed by atoms with Gasteiger partial charge in [-0.25, -0.2) is 4.79 Å². The maximum Gasteiger partial charge on any atom is 0.349 e. The summed E-state index contributed by atoms with van der Waals surface area (Å²) in [7, 11) is 1.48. The quantitative estimate of drug-likeness (QED) is 0.455. The van der Waals surface area contributed by atoms with Crippen LogP contribution in [0.1, 0.15) is 16.7 Å². The maximum atomic E-state index is 12.0. The largest absolute Gasteiger partial charge is 0.493 e. The summed E-state index contributed by atoms with van der Waals surface area (Å²) in [6.07, 6.45) is 3.00. The number of methoxy groups -OCH3 is 1. The Balaban J connectivity index is 2.02. The van der Waals surface area contributed by atoms with E-state index in [9.17, 15) is 4.79 Å². The summed E-state index contributed by atoms with van der Waals surface area (Å²) in [5.74, 6) is 0.793. The first-order valence-corrected chi connectivity index (χ1v) is 7.68. The van der Waals surface area contributed by atoms with Crippen molar-refractivity contribution < 1.29 is 19.0 Å². The second-order valence-electron chi connectivity index (χ2n) is 5.46. The van der Waals surface area contributed by atoms with Gasteiger partial charge in [0.05, 0.1) is 13.2 Å². The average molecular weight is 337 g/mol. The summed E-state index contributed by atoms with van der Waals surface area (Å²) in [5, 5.41) is 8.56. The van der Waals surface area contributed by atoms with Crippen molar-refractivity contribution in [2.45, 2.75) is 13.8 Å². The van der Waals surface area contributed by atoms with Crippen LogP contribution in [0.15, 0.2) is 42.5 Å². The zero-order valence-corrected chi connectivity index (χ0v) is 14.4. The normalized spacial score (nSPS) is 10.3. The SMILES string of the molecule is COc1cc(/C=C\C#N)ccc1OC(=O)COc1cc(C)cc(C)c1. The van der Waals surface area contributed by atoms with Gasteiger partial charge in [0.25, 0.3) is 0 Å². The number of rotatable bonds is 6. The fourth-order valence-corrected chi connectivity index (χ4v) is 2.32. The van der Waals surface area contributed by atoms with E-state index >= 15 is 0 Å². The smallest absolute Gasteiger partial charge is 0.349 e. The van der Waals surface area contributed by atoms with E-state index in [0.29, 0.717) is 17.2 Å². The van der Waals surface area contributed by atoms with Crippen molar-refractivity contribution in [3.05, 3.63) is 59.2 Å². The molecular weight excluding hydrogens is 318 g/mol. The lowest BCUT2D eigenvalue weighted by Gasteiger charge is -2.11. The van der Waals surface area contributed by atoms with Gasteiger partial charge in [0, 0.05) is 6.08 Å². The number of nitrogens with zero attached hydrogens (tertiary/aromatic N) is 1. The highest BCUT2D eigenvalue weighted by Crippen LogP contribution is 2.28. The number of hydrogen-bond acceptors (Lipinski definition) is 5. The molecule has 0 aliphatic carbocycles. The van der Waals surface area contributed by atoms with Crippen molar-refractivity contribution in [3.63, 3.8) is 0 Å². The molecule has 0 fully saturated rings. The third-order valence-electron chi connectivity index (χ3n) is 3.31. The van der Waals surface area contributed by atoms with Gasteiger partial charge in [0.15, 0.2) is 18.1 Å². The number of hydrogen-bond donors (Lipinski definition) is 0. The molecule has 25 heavy (non-hydrogen) atoms. The molecular formula is C20H19NO4. The molecule has 2 aromatic carbocycles.